The summed E-state index contributed by atoms with van der Waals surface area (Å²) in [4.78, 5) is 2.36. The summed E-state index contributed by atoms with van der Waals surface area (Å²) in [6.45, 7) is 6.74. The van der Waals surface area contributed by atoms with E-state index < -0.39 is 0 Å². The summed E-state index contributed by atoms with van der Waals surface area (Å²) in [5, 5.41) is 7.64. The van der Waals surface area contributed by atoms with E-state index in [9.17, 15) is 0 Å². The van der Waals surface area contributed by atoms with Gasteiger partial charge in [0.15, 0.2) is 0 Å². The zero-order valence-electron chi connectivity index (χ0n) is 10.6. The largest absolute Gasteiger partial charge is 0.384 e. The van der Waals surface area contributed by atoms with Crippen molar-refractivity contribution in [1.29, 1.82) is 5.41 Å². The van der Waals surface area contributed by atoms with Crippen LogP contribution in [0.5, 0.6) is 0 Å². The van der Waals surface area contributed by atoms with Gasteiger partial charge in [-0.25, -0.2) is 0 Å². The second kappa shape index (κ2) is 4.78. The van der Waals surface area contributed by atoms with Crippen LogP contribution in [0.2, 0.25) is 0 Å². The monoisotopic (exact) mass is 231 g/mol. The minimum atomic E-state index is 0.159. The van der Waals surface area contributed by atoms with Crippen LogP contribution in [0.25, 0.3) is 0 Å². The number of nitrogens with zero attached hydrogens (tertiary/aromatic N) is 1. The lowest BCUT2D eigenvalue weighted by Crippen LogP contribution is -2.39. The fourth-order valence-corrected chi connectivity index (χ4v) is 2.46. The van der Waals surface area contributed by atoms with Crippen LogP contribution >= 0.6 is 0 Å². The Balaban J connectivity index is 2.25. The summed E-state index contributed by atoms with van der Waals surface area (Å²) >= 11 is 0. The van der Waals surface area contributed by atoms with Crippen molar-refractivity contribution in [2.45, 2.75) is 20.3 Å². The predicted octanol–water partition coefficient (Wildman–Crippen LogP) is 2.45. The summed E-state index contributed by atoms with van der Waals surface area (Å²) in [6, 6.07) is 7.96. The van der Waals surface area contributed by atoms with Crippen molar-refractivity contribution < 1.29 is 0 Å². The molecule has 0 spiro atoms. The number of piperidine rings is 1. The topological polar surface area (TPSA) is 53.1 Å². The number of nitrogens with two attached hydrogens (primary N) is 1. The molecule has 0 aliphatic carbocycles. The second-order valence-corrected chi connectivity index (χ2v) is 5.12. The summed E-state index contributed by atoms with van der Waals surface area (Å²) in [6.07, 6.45) is 1.22. The molecule has 17 heavy (non-hydrogen) atoms. The van der Waals surface area contributed by atoms with Gasteiger partial charge in [-0.05, 0) is 30.4 Å². The molecule has 2 rings (SSSR count). The highest BCUT2D eigenvalue weighted by Crippen LogP contribution is 2.28. The highest BCUT2D eigenvalue weighted by molar-refractivity contribution is 6.00. The van der Waals surface area contributed by atoms with Crippen LogP contribution in [0.15, 0.2) is 24.3 Å². The number of nitrogen functional groups attached to an aromatic ring is 1. The molecule has 1 aliphatic heterocycles. The standard InChI is InChI=1S/C14H21N3/c1-10-7-8-17(9-11(10)2)13-6-4-3-5-12(13)14(15)16/h3-6,10-11H,7-9H2,1-2H3,(H3,15,16). The lowest BCUT2D eigenvalue weighted by atomic mass is 9.88. The molecule has 1 aliphatic rings. The van der Waals surface area contributed by atoms with Gasteiger partial charge in [-0.3, -0.25) is 5.41 Å². The summed E-state index contributed by atoms with van der Waals surface area (Å²) in [7, 11) is 0. The Morgan fingerprint density at radius 2 is 2.00 bits per heavy atom. The van der Waals surface area contributed by atoms with Gasteiger partial charge in [-0.1, -0.05) is 26.0 Å². The van der Waals surface area contributed by atoms with E-state index in [1.165, 1.54) is 6.42 Å². The maximum Gasteiger partial charge on any atom is 0.124 e. The van der Waals surface area contributed by atoms with Gasteiger partial charge in [-0.2, -0.15) is 0 Å². The molecule has 1 aromatic rings. The predicted molar refractivity (Wildman–Crippen MR) is 72.6 cm³/mol. The zero-order chi connectivity index (χ0) is 12.4. The van der Waals surface area contributed by atoms with E-state index in [1.54, 1.807) is 0 Å². The van der Waals surface area contributed by atoms with Gasteiger partial charge in [0.25, 0.3) is 0 Å². The number of anilines is 1. The Bertz CT molecular complexity index is 414. The molecule has 92 valence electrons. The van der Waals surface area contributed by atoms with E-state index in [1.807, 2.05) is 18.2 Å². The molecule has 0 aromatic heterocycles. The molecule has 1 saturated heterocycles. The molecule has 0 radical (unpaired) electrons. The number of benzene rings is 1. The molecule has 3 nitrogen and oxygen atoms in total. The normalized spacial score (nSPS) is 24.7. The molecule has 0 saturated carbocycles. The molecule has 2 unspecified atom stereocenters. The van der Waals surface area contributed by atoms with Crippen molar-refractivity contribution in [1.82, 2.24) is 0 Å². The van der Waals surface area contributed by atoms with Crippen LogP contribution in [0, 0.1) is 17.2 Å². The Hall–Kier alpha value is -1.51. The third-order valence-corrected chi connectivity index (χ3v) is 3.87. The smallest absolute Gasteiger partial charge is 0.124 e. The summed E-state index contributed by atoms with van der Waals surface area (Å²) in [5.41, 5.74) is 7.61. The molecule has 1 heterocycles. The molecular weight excluding hydrogens is 210 g/mol. The van der Waals surface area contributed by atoms with Gasteiger partial charge in [0.05, 0.1) is 0 Å². The van der Waals surface area contributed by atoms with Crippen LogP contribution < -0.4 is 10.6 Å². The lowest BCUT2D eigenvalue weighted by Gasteiger charge is -2.37. The van der Waals surface area contributed by atoms with E-state index in [0.717, 1.165) is 30.3 Å². The molecule has 1 aromatic carbocycles. The van der Waals surface area contributed by atoms with Crippen molar-refractivity contribution in [3.63, 3.8) is 0 Å². The SMILES string of the molecule is CC1CCN(c2ccccc2C(=N)N)CC1C. The highest BCUT2D eigenvalue weighted by atomic mass is 15.1. The van der Waals surface area contributed by atoms with E-state index >= 15 is 0 Å². The van der Waals surface area contributed by atoms with Gasteiger partial charge in [0.2, 0.25) is 0 Å². The van der Waals surface area contributed by atoms with E-state index in [-0.39, 0.29) is 5.84 Å². The number of hydrogen-bond acceptors (Lipinski definition) is 2. The minimum absolute atomic E-state index is 0.159. The first kappa shape index (κ1) is 12.0. The van der Waals surface area contributed by atoms with Crippen molar-refractivity contribution in [2.24, 2.45) is 17.6 Å². The molecule has 3 heteroatoms. The van der Waals surface area contributed by atoms with Gasteiger partial charge in [-0.15, -0.1) is 0 Å². The van der Waals surface area contributed by atoms with Crippen LogP contribution in [-0.4, -0.2) is 18.9 Å². The van der Waals surface area contributed by atoms with Crippen molar-refractivity contribution in [2.75, 3.05) is 18.0 Å². The van der Waals surface area contributed by atoms with Crippen molar-refractivity contribution in [3.05, 3.63) is 29.8 Å². The van der Waals surface area contributed by atoms with Gasteiger partial charge < -0.3 is 10.6 Å². The fraction of sp³-hybridized carbons (Fsp3) is 0.500. The van der Waals surface area contributed by atoms with Crippen molar-refractivity contribution in [3.8, 4) is 0 Å². The highest BCUT2D eigenvalue weighted by Gasteiger charge is 2.24. The van der Waals surface area contributed by atoms with Crippen LogP contribution in [0.4, 0.5) is 5.69 Å². The average Bonchev–Trinajstić information content (AvgIpc) is 2.32. The third kappa shape index (κ3) is 2.43. The van der Waals surface area contributed by atoms with E-state index in [0.29, 0.717) is 5.92 Å². The van der Waals surface area contributed by atoms with Gasteiger partial charge in [0.1, 0.15) is 5.84 Å². The summed E-state index contributed by atoms with van der Waals surface area (Å²) < 4.78 is 0. The maximum atomic E-state index is 7.64. The molecule has 3 N–H and O–H groups in total. The first-order valence-electron chi connectivity index (χ1n) is 6.28. The first-order valence-corrected chi connectivity index (χ1v) is 6.28. The number of nitrogens with one attached hydrogen (secondary N) is 1. The Kier molecular flexibility index (Phi) is 3.36. The molecule has 0 bridgehead atoms. The molecule has 1 fully saturated rings. The maximum absolute atomic E-state index is 7.64. The van der Waals surface area contributed by atoms with Gasteiger partial charge >= 0.3 is 0 Å². The second-order valence-electron chi connectivity index (χ2n) is 5.12. The molecule has 2 atom stereocenters. The van der Waals surface area contributed by atoms with Crippen LogP contribution in [-0.2, 0) is 0 Å². The Morgan fingerprint density at radius 1 is 1.29 bits per heavy atom. The number of hydrogen-bond donors (Lipinski definition) is 2. The van der Waals surface area contributed by atoms with E-state index in [2.05, 4.69) is 24.8 Å². The third-order valence-electron chi connectivity index (χ3n) is 3.87. The van der Waals surface area contributed by atoms with Crippen LogP contribution in [0.3, 0.4) is 0 Å². The fourth-order valence-electron chi connectivity index (χ4n) is 2.46. The quantitative estimate of drug-likeness (QED) is 0.607. The van der Waals surface area contributed by atoms with Crippen molar-refractivity contribution >= 4 is 11.5 Å². The Labute approximate surface area is 103 Å². The van der Waals surface area contributed by atoms with Gasteiger partial charge in [0, 0.05) is 24.3 Å². The zero-order valence-corrected chi connectivity index (χ0v) is 10.6. The number of para-hydroxylation sites is 1. The summed E-state index contributed by atoms with van der Waals surface area (Å²) in [5.74, 6) is 1.64. The minimum Gasteiger partial charge on any atom is -0.384 e. The van der Waals surface area contributed by atoms with E-state index in [4.69, 9.17) is 11.1 Å². The number of rotatable bonds is 2. The van der Waals surface area contributed by atoms with Crippen LogP contribution in [0.1, 0.15) is 25.8 Å². The number of amidine groups is 1. The lowest BCUT2D eigenvalue weighted by molar-refractivity contribution is 0.324. The molecule has 0 amide bonds. The molecular formula is C14H21N3. The first-order chi connectivity index (χ1) is 8.09. The Morgan fingerprint density at radius 3 is 2.65 bits per heavy atom. The average molecular weight is 231 g/mol.